The van der Waals surface area contributed by atoms with Gasteiger partial charge in [0.1, 0.15) is 10.6 Å². The number of methoxy groups -OCH3 is 1. The largest absolute Gasteiger partial charge is 0.371 e. The molecule has 0 aliphatic heterocycles. The summed E-state index contributed by atoms with van der Waals surface area (Å²) in [4.78, 5) is 4.70. The summed E-state index contributed by atoms with van der Waals surface area (Å²) in [5.41, 5.74) is 0.732. The first kappa shape index (κ1) is 13.6. The monoisotopic (exact) mass is 242 g/mol. The van der Waals surface area contributed by atoms with E-state index in [1.807, 2.05) is 7.05 Å². The minimum atomic E-state index is -0.257. The Labute approximate surface area is 102 Å². The van der Waals surface area contributed by atoms with Crippen molar-refractivity contribution >= 4 is 11.3 Å². The first-order valence-corrected chi connectivity index (χ1v) is 6.48. The topological polar surface area (TPSA) is 34.1 Å². The minimum Gasteiger partial charge on any atom is -0.371 e. The molecule has 0 saturated heterocycles. The highest BCUT2D eigenvalue weighted by atomic mass is 32.1. The van der Waals surface area contributed by atoms with Crippen LogP contribution >= 0.6 is 11.3 Å². The summed E-state index contributed by atoms with van der Waals surface area (Å²) < 4.78 is 5.56. The number of thiazole rings is 1. The first-order chi connectivity index (χ1) is 7.39. The molecule has 0 aliphatic rings. The number of ether oxygens (including phenoxy) is 1. The number of aromatic nitrogens is 1. The second-order valence-corrected chi connectivity index (χ2v) is 5.56. The van der Waals surface area contributed by atoms with Crippen molar-refractivity contribution in [1.29, 1.82) is 0 Å². The fourth-order valence-electron chi connectivity index (χ4n) is 1.31. The molecule has 16 heavy (non-hydrogen) atoms. The van der Waals surface area contributed by atoms with E-state index in [1.165, 1.54) is 0 Å². The molecule has 4 heteroatoms. The molecule has 0 spiro atoms. The highest BCUT2D eigenvalue weighted by molar-refractivity contribution is 7.09. The highest BCUT2D eigenvalue weighted by Crippen LogP contribution is 2.33. The fraction of sp³-hybridized carbons (Fsp3) is 0.750. The van der Waals surface area contributed by atoms with Gasteiger partial charge >= 0.3 is 0 Å². The van der Waals surface area contributed by atoms with Gasteiger partial charge in [0, 0.05) is 12.5 Å². The van der Waals surface area contributed by atoms with Gasteiger partial charge in [0.25, 0.3) is 0 Å². The van der Waals surface area contributed by atoms with Gasteiger partial charge in [-0.1, -0.05) is 6.92 Å². The van der Waals surface area contributed by atoms with Crippen molar-refractivity contribution in [3.63, 3.8) is 0 Å². The Morgan fingerprint density at radius 2 is 2.06 bits per heavy atom. The van der Waals surface area contributed by atoms with Crippen LogP contribution < -0.4 is 5.32 Å². The molecule has 0 fully saturated rings. The predicted octanol–water partition coefficient (Wildman–Crippen LogP) is 2.87. The van der Waals surface area contributed by atoms with Gasteiger partial charge in [0.2, 0.25) is 0 Å². The third-order valence-corrected chi connectivity index (χ3v) is 4.43. The van der Waals surface area contributed by atoms with Crippen LogP contribution in [-0.4, -0.2) is 19.1 Å². The molecule has 1 atom stereocenters. The molecule has 0 radical (unpaired) electrons. The lowest BCUT2D eigenvalue weighted by Crippen LogP contribution is -2.34. The van der Waals surface area contributed by atoms with E-state index >= 15 is 0 Å². The van der Waals surface area contributed by atoms with Crippen LogP contribution in [-0.2, 0) is 15.9 Å². The highest BCUT2D eigenvalue weighted by Gasteiger charge is 2.30. The van der Waals surface area contributed by atoms with E-state index in [2.05, 4.69) is 38.4 Å². The SMILES string of the molecule is CCC(C)(OC)c1nc(C(C)(C)NC)cs1. The second kappa shape index (κ2) is 4.82. The van der Waals surface area contributed by atoms with Crippen LogP contribution in [0, 0.1) is 0 Å². The van der Waals surface area contributed by atoms with E-state index in [1.54, 1.807) is 18.4 Å². The van der Waals surface area contributed by atoms with Crippen molar-refractivity contribution in [2.75, 3.05) is 14.2 Å². The van der Waals surface area contributed by atoms with Crippen molar-refractivity contribution in [2.24, 2.45) is 0 Å². The summed E-state index contributed by atoms with van der Waals surface area (Å²) >= 11 is 1.67. The number of nitrogens with zero attached hydrogens (tertiary/aromatic N) is 1. The molecule has 1 heterocycles. The van der Waals surface area contributed by atoms with Crippen LogP contribution in [0.3, 0.4) is 0 Å². The molecular formula is C12H22N2OS. The Balaban J connectivity index is 3.03. The van der Waals surface area contributed by atoms with Gasteiger partial charge < -0.3 is 10.1 Å². The van der Waals surface area contributed by atoms with Crippen molar-refractivity contribution in [3.05, 3.63) is 16.1 Å². The second-order valence-electron chi connectivity index (χ2n) is 4.70. The van der Waals surface area contributed by atoms with Gasteiger partial charge in [0.15, 0.2) is 0 Å². The van der Waals surface area contributed by atoms with Gasteiger partial charge in [-0.25, -0.2) is 4.98 Å². The van der Waals surface area contributed by atoms with Gasteiger partial charge in [-0.05, 0) is 34.2 Å². The van der Waals surface area contributed by atoms with Crippen molar-refractivity contribution in [2.45, 2.75) is 45.3 Å². The lowest BCUT2D eigenvalue weighted by atomic mass is 10.0. The molecule has 0 bridgehead atoms. The normalized spacial score (nSPS) is 16.1. The molecule has 92 valence electrons. The standard InChI is InChI=1S/C12H22N2OS/c1-7-12(4,15-6)10-14-9(8-16-10)11(2,3)13-5/h8,13H,7H2,1-6H3. The predicted molar refractivity (Wildman–Crippen MR) is 68.9 cm³/mol. The fourth-order valence-corrected chi connectivity index (χ4v) is 2.51. The zero-order valence-corrected chi connectivity index (χ0v) is 11.9. The molecule has 1 aromatic heterocycles. The summed E-state index contributed by atoms with van der Waals surface area (Å²) in [5, 5.41) is 6.42. The molecule has 3 nitrogen and oxygen atoms in total. The molecule has 0 saturated carbocycles. The lowest BCUT2D eigenvalue weighted by Gasteiger charge is -2.25. The maximum atomic E-state index is 5.56. The van der Waals surface area contributed by atoms with Crippen LogP contribution in [0.5, 0.6) is 0 Å². The van der Waals surface area contributed by atoms with Gasteiger partial charge in [-0.15, -0.1) is 11.3 Å². The molecule has 1 aromatic rings. The maximum absolute atomic E-state index is 5.56. The number of hydrogen-bond donors (Lipinski definition) is 1. The summed E-state index contributed by atoms with van der Waals surface area (Å²) in [6, 6.07) is 0. The summed E-state index contributed by atoms with van der Waals surface area (Å²) in [6.07, 6.45) is 0.927. The molecule has 0 aliphatic carbocycles. The van der Waals surface area contributed by atoms with Crippen LogP contribution in [0.25, 0.3) is 0 Å². The molecule has 0 amide bonds. The lowest BCUT2D eigenvalue weighted by molar-refractivity contribution is -0.00178. The third kappa shape index (κ3) is 2.44. The average Bonchev–Trinajstić information content (AvgIpc) is 2.78. The first-order valence-electron chi connectivity index (χ1n) is 5.60. The number of hydrogen-bond acceptors (Lipinski definition) is 4. The van der Waals surface area contributed by atoms with Crippen molar-refractivity contribution in [3.8, 4) is 0 Å². The van der Waals surface area contributed by atoms with Gasteiger partial charge in [-0.2, -0.15) is 0 Å². The quantitative estimate of drug-likeness (QED) is 0.862. The van der Waals surface area contributed by atoms with E-state index in [4.69, 9.17) is 9.72 Å². The minimum absolute atomic E-state index is 0.0862. The van der Waals surface area contributed by atoms with Gasteiger partial charge in [0.05, 0.1) is 11.2 Å². The van der Waals surface area contributed by atoms with E-state index in [9.17, 15) is 0 Å². The Morgan fingerprint density at radius 1 is 1.44 bits per heavy atom. The third-order valence-electron chi connectivity index (χ3n) is 3.35. The zero-order valence-electron chi connectivity index (χ0n) is 11.0. The van der Waals surface area contributed by atoms with Crippen LogP contribution in [0.15, 0.2) is 5.38 Å². The van der Waals surface area contributed by atoms with E-state index in [0.29, 0.717) is 0 Å². The van der Waals surface area contributed by atoms with E-state index in [-0.39, 0.29) is 11.1 Å². The number of rotatable bonds is 5. The smallest absolute Gasteiger partial charge is 0.125 e. The average molecular weight is 242 g/mol. The molecule has 1 N–H and O–H groups in total. The van der Waals surface area contributed by atoms with Crippen molar-refractivity contribution < 1.29 is 4.74 Å². The summed E-state index contributed by atoms with van der Waals surface area (Å²) in [7, 11) is 3.70. The Hall–Kier alpha value is -0.450. The summed E-state index contributed by atoms with van der Waals surface area (Å²) in [5.74, 6) is 0. The van der Waals surface area contributed by atoms with Crippen LogP contribution in [0.1, 0.15) is 44.8 Å². The van der Waals surface area contributed by atoms with Gasteiger partial charge in [-0.3, -0.25) is 0 Å². The Bertz CT molecular complexity index is 343. The summed E-state index contributed by atoms with van der Waals surface area (Å²) in [6.45, 7) is 8.46. The Morgan fingerprint density at radius 3 is 2.50 bits per heavy atom. The number of nitrogens with one attached hydrogen (secondary N) is 1. The molecule has 0 aromatic carbocycles. The molecule has 1 rings (SSSR count). The van der Waals surface area contributed by atoms with Crippen molar-refractivity contribution in [1.82, 2.24) is 10.3 Å². The Kier molecular flexibility index (Phi) is 4.10. The molecular weight excluding hydrogens is 220 g/mol. The zero-order chi connectivity index (χ0) is 12.4. The maximum Gasteiger partial charge on any atom is 0.125 e. The van der Waals surface area contributed by atoms with E-state index < -0.39 is 0 Å². The van der Waals surface area contributed by atoms with E-state index in [0.717, 1.165) is 17.1 Å². The van der Waals surface area contributed by atoms with Crippen LogP contribution in [0.4, 0.5) is 0 Å². The molecule has 1 unspecified atom stereocenters. The van der Waals surface area contributed by atoms with Crippen LogP contribution in [0.2, 0.25) is 0 Å².